The van der Waals surface area contributed by atoms with Crippen LogP contribution in [0.4, 0.5) is 11.4 Å². The maximum absolute atomic E-state index is 12.9. The lowest BCUT2D eigenvalue weighted by molar-refractivity contribution is -0.130. The number of amides is 2. The number of likely N-dealkylation sites (N-methyl/N-ethyl adjacent to an activating group) is 1. The normalized spacial score (nSPS) is 17.8. The minimum atomic E-state index is -0.0655. The molecule has 2 fully saturated rings. The van der Waals surface area contributed by atoms with Crippen molar-refractivity contribution in [2.45, 2.75) is 26.7 Å². The van der Waals surface area contributed by atoms with E-state index in [1.807, 2.05) is 47.4 Å². The van der Waals surface area contributed by atoms with E-state index in [0.717, 1.165) is 44.0 Å². The van der Waals surface area contributed by atoms with Crippen LogP contribution in [0.25, 0.3) is 6.08 Å². The number of hydrogen-bond donors (Lipinski definition) is 1. The van der Waals surface area contributed by atoms with Crippen LogP contribution >= 0.6 is 0 Å². The van der Waals surface area contributed by atoms with E-state index in [4.69, 9.17) is 0 Å². The predicted octanol–water partition coefficient (Wildman–Crippen LogP) is 4.03. The summed E-state index contributed by atoms with van der Waals surface area (Å²) in [5.74, 6) is -0.00594. The zero-order chi connectivity index (χ0) is 23.9. The first-order chi connectivity index (χ1) is 16.5. The Balaban J connectivity index is 1.26. The highest BCUT2D eigenvalue weighted by Gasteiger charge is 2.27. The van der Waals surface area contributed by atoms with Gasteiger partial charge in [0, 0.05) is 62.6 Å². The van der Waals surface area contributed by atoms with E-state index in [-0.39, 0.29) is 17.7 Å². The summed E-state index contributed by atoms with van der Waals surface area (Å²) in [5.41, 5.74) is 4.30. The fraction of sp³-hybridized carbons (Fsp3) is 0.429. The molecule has 6 nitrogen and oxygen atoms in total. The lowest BCUT2D eigenvalue weighted by Crippen LogP contribution is -2.46. The van der Waals surface area contributed by atoms with Crippen molar-refractivity contribution in [2.24, 2.45) is 5.92 Å². The molecule has 0 saturated carbocycles. The second-order valence-electron chi connectivity index (χ2n) is 9.26. The van der Waals surface area contributed by atoms with Crippen molar-refractivity contribution in [3.8, 4) is 0 Å². The van der Waals surface area contributed by atoms with Gasteiger partial charge in [0.2, 0.25) is 11.8 Å². The molecule has 0 atom stereocenters. The highest BCUT2D eigenvalue weighted by Crippen LogP contribution is 2.26. The Hall–Kier alpha value is -3.12. The summed E-state index contributed by atoms with van der Waals surface area (Å²) in [4.78, 5) is 32.1. The third kappa shape index (κ3) is 6.06. The molecule has 180 valence electrons. The van der Waals surface area contributed by atoms with Gasteiger partial charge in [-0.25, -0.2) is 0 Å². The first kappa shape index (κ1) is 24.0. The van der Waals surface area contributed by atoms with Gasteiger partial charge in [-0.1, -0.05) is 37.3 Å². The van der Waals surface area contributed by atoms with Crippen LogP contribution in [0.3, 0.4) is 0 Å². The molecular formula is C28H36N4O2. The van der Waals surface area contributed by atoms with E-state index in [1.165, 1.54) is 11.3 Å². The first-order valence-corrected chi connectivity index (χ1v) is 12.4. The molecular weight excluding hydrogens is 424 g/mol. The van der Waals surface area contributed by atoms with Crippen LogP contribution in [-0.2, 0) is 9.59 Å². The minimum Gasteiger partial charge on any atom is -0.369 e. The zero-order valence-corrected chi connectivity index (χ0v) is 20.4. The fourth-order valence-corrected chi connectivity index (χ4v) is 4.84. The number of nitrogens with one attached hydrogen (secondary N) is 1. The van der Waals surface area contributed by atoms with Crippen molar-refractivity contribution in [2.75, 3.05) is 56.0 Å². The molecule has 0 bridgehead atoms. The van der Waals surface area contributed by atoms with Gasteiger partial charge < -0.3 is 20.0 Å². The lowest BCUT2D eigenvalue weighted by atomic mass is 9.95. The second-order valence-corrected chi connectivity index (χ2v) is 9.26. The summed E-state index contributed by atoms with van der Waals surface area (Å²) in [7, 11) is 0. The van der Waals surface area contributed by atoms with Crippen molar-refractivity contribution in [3.63, 3.8) is 0 Å². The van der Waals surface area contributed by atoms with E-state index >= 15 is 0 Å². The summed E-state index contributed by atoms with van der Waals surface area (Å²) in [5, 5.41) is 3.11. The Morgan fingerprint density at radius 3 is 2.32 bits per heavy atom. The molecule has 2 aromatic rings. The Morgan fingerprint density at radius 1 is 0.971 bits per heavy atom. The third-order valence-corrected chi connectivity index (χ3v) is 7.02. The highest BCUT2D eigenvalue weighted by molar-refractivity contribution is 5.94. The number of benzene rings is 2. The van der Waals surface area contributed by atoms with Crippen LogP contribution in [-0.4, -0.2) is 67.4 Å². The van der Waals surface area contributed by atoms with Gasteiger partial charge in [0.1, 0.15) is 0 Å². The maximum atomic E-state index is 12.9. The number of likely N-dealkylation sites (tertiary alicyclic amines) is 1. The number of nitrogens with zero attached hydrogens (tertiary/aromatic N) is 3. The Labute approximate surface area is 203 Å². The Morgan fingerprint density at radius 2 is 1.68 bits per heavy atom. The quantitative estimate of drug-likeness (QED) is 0.662. The van der Waals surface area contributed by atoms with Gasteiger partial charge in [-0.3, -0.25) is 9.59 Å². The second kappa shape index (κ2) is 11.3. The smallest absolute Gasteiger partial charge is 0.246 e. The number of anilines is 2. The monoisotopic (exact) mass is 460 g/mol. The van der Waals surface area contributed by atoms with Crippen LogP contribution in [0, 0.1) is 12.8 Å². The summed E-state index contributed by atoms with van der Waals surface area (Å²) < 4.78 is 0. The van der Waals surface area contributed by atoms with Gasteiger partial charge in [-0.05, 0) is 61.7 Å². The average molecular weight is 461 g/mol. The number of hydrogen-bond acceptors (Lipinski definition) is 4. The van der Waals surface area contributed by atoms with E-state index < -0.39 is 0 Å². The molecule has 2 heterocycles. The molecule has 34 heavy (non-hydrogen) atoms. The molecule has 2 saturated heterocycles. The van der Waals surface area contributed by atoms with Crippen LogP contribution < -0.4 is 10.2 Å². The van der Waals surface area contributed by atoms with Gasteiger partial charge in [0.05, 0.1) is 0 Å². The van der Waals surface area contributed by atoms with Gasteiger partial charge in [-0.15, -0.1) is 0 Å². The van der Waals surface area contributed by atoms with Crippen LogP contribution in [0.2, 0.25) is 0 Å². The maximum Gasteiger partial charge on any atom is 0.246 e. The average Bonchev–Trinajstić information content (AvgIpc) is 2.88. The van der Waals surface area contributed by atoms with Gasteiger partial charge in [0.15, 0.2) is 0 Å². The van der Waals surface area contributed by atoms with Crippen LogP contribution in [0.15, 0.2) is 54.6 Å². The number of carbonyl (C=O) groups is 2. The van der Waals surface area contributed by atoms with Crippen molar-refractivity contribution in [1.82, 2.24) is 9.80 Å². The third-order valence-electron chi connectivity index (χ3n) is 7.02. The Bertz CT molecular complexity index is 1000. The molecule has 0 radical (unpaired) electrons. The molecule has 2 amide bonds. The standard InChI is InChI=1S/C28H36N4O2/c1-3-30-17-19-31(20-18-30)26-11-10-25(21-22(26)2)29-28(34)24-13-15-32(16-14-24)27(33)12-9-23-7-5-4-6-8-23/h4-12,21,24H,3,13-20H2,1-2H3,(H,29,34)/b12-9+. The van der Waals surface area contributed by atoms with Crippen molar-refractivity contribution in [3.05, 3.63) is 65.7 Å². The highest BCUT2D eigenvalue weighted by atomic mass is 16.2. The number of aryl methyl sites for hydroxylation is 1. The Kier molecular flexibility index (Phi) is 8.01. The summed E-state index contributed by atoms with van der Waals surface area (Å²) in [6.45, 7) is 10.9. The lowest BCUT2D eigenvalue weighted by Gasteiger charge is -2.36. The summed E-state index contributed by atoms with van der Waals surface area (Å²) in [6, 6.07) is 16.0. The van der Waals surface area contributed by atoms with Crippen LogP contribution in [0.5, 0.6) is 0 Å². The molecule has 2 aliphatic heterocycles. The molecule has 0 aliphatic carbocycles. The molecule has 2 aliphatic rings. The topological polar surface area (TPSA) is 55.9 Å². The van der Waals surface area contributed by atoms with E-state index in [2.05, 4.69) is 41.1 Å². The first-order valence-electron chi connectivity index (χ1n) is 12.4. The minimum absolute atomic E-state index is 0.00805. The molecule has 4 rings (SSSR count). The van der Waals surface area contributed by atoms with E-state index in [9.17, 15) is 9.59 Å². The van der Waals surface area contributed by atoms with E-state index in [1.54, 1.807) is 6.08 Å². The number of carbonyl (C=O) groups excluding carboxylic acids is 2. The van der Waals surface area contributed by atoms with Gasteiger partial charge in [0.25, 0.3) is 0 Å². The molecule has 0 aromatic heterocycles. The molecule has 6 heteroatoms. The van der Waals surface area contributed by atoms with Gasteiger partial charge in [-0.2, -0.15) is 0 Å². The molecule has 0 unspecified atom stereocenters. The van der Waals surface area contributed by atoms with E-state index in [0.29, 0.717) is 25.9 Å². The molecule has 2 aromatic carbocycles. The zero-order valence-electron chi connectivity index (χ0n) is 20.4. The van der Waals surface area contributed by atoms with Crippen molar-refractivity contribution in [1.29, 1.82) is 0 Å². The molecule has 0 spiro atoms. The summed E-state index contributed by atoms with van der Waals surface area (Å²) in [6.07, 6.45) is 4.85. The largest absolute Gasteiger partial charge is 0.369 e. The number of rotatable bonds is 6. The van der Waals surface area contributed by atoms with Crippen LogP contribution in [0.1, 0.15) is 30.9 Å². The summed E-state index contributed by atoms with van der Waals surface area (Å²) >= 11 is 0. The molecule has 1 N–H and O–H groups in total. The van der Waals surface area contributed by atoms with Crippen molar-refractivity contribution < 1.29 is 9.59 Å². The van der Waals surface area contributed by atoms with Crippen molar-refractivity contribution >= 4 is 29.3 Å². The number of piperazine rings is 1. The predicted molar refractivity (Wildman–Crippen MR) is 139 cm³/mol. The SMILES string of the molecule is CCN1CCN(c2ccc(NC(=O)C3CCN(C(=O)/C=C/c4ccccc4)CC3)cc2C)CC1. The number of piperidine rings is 1. The fourth-order valence-electron chi connectivity index (χ4n) is 4.84. The van der Waals surface area contributed by atoms with Gasteiger partial charge >= 0.3 is 0 Å².